The van der Waals surface area contributed by atoms with Crippen LogP contribution in [0.3, 0.4) is 0 Å². The molecule has 2 N–H and O–H groups in total. The highest BCUT2D eigenvalue weighted by atomic mass is 32.2. The number of fused-ring (bicyclic) bond motifs is 7. The summed E-state index contributed by atoms with van der Waals surface area (Å²) < 4.78 is 27.3. The predicted octanol–water partition coefficient (Wildman–Crippen LogP) is 5.97. The fourth-order valence-electron chi connectivity index (χ4n) is 10.9. The monoisotopic (exact) mass is 547 g/mol. The van der Waals surface area contributed by atoms with E-state index >= 15 is 0 Å². The molecular weight excluding hydrogens is 498 g/mol. The van der Waals surface area contributed by atoms with Gasteiger partial charge in [-0.3, -0.25) is 9.59 Å². The van der Waals surface area contributed by atoms with Crippen LogP contribution in [0, 0.1) is 50.2 Å². The van der Waals surface area contributed by atoms with E-state index in [2.05, 4.69) is 46.3 Å². The van der Waals surface area contributed by atoms with Gasteiger partial charge in [0.05, 0.1) is 11.7 Å². The second-order valence-corrected chi connectivity index (χ2v) is 17.6. The van der Waals surface area contributed by atoms with Gasteiger partial charge in [0.1, 0.15) is 0 Å². The Morgan fingerprint density at radius 2 is 1.58 bits per heavy atom. The standard InChI is InChI=1S/C31H49NO5S/c1-26(2)22-9-12-31(7)24(29(22,5)11-10-23(26)32-38(8,36)37)21(33)17-19-20-18-28(4,25(34)35)14-13-27(20,3)15-16-30(19,31)6/h17,20,22-24,32H,9-16,18H2,1-8H3,(H,34,35)/t20-,22-,23-,24+,27+,28-,29-,30+,31+/m0/s1. The molecule has 0 heterocycles. The van der Waals surface area contributed by atoms with E-state index in [9.17, 15) is 23.1 Å². The van der Waals surface area contributed by atoms with Gasteiger partial charge < -0.3 is 5.11 Å². The van der Waals surface area contributed by atoms with Crippen molar-refractivity contribution in [1.82, 2.24) is 4.72 Å². The number of carbonyl (C=O) groups is 2. The van der Waals surface area contributed by atoms with Crippen LogP contribution in [-0.2, 0) is 19.6 Å². The number of carboxylic acid groups (broad SMARTS) is 1. The molecule has 0 bridgehead atoms. The first kappa shape index (κ1) is 28.3. The minimum atomic E-state index is -3.33. The van der Waals surface area contributed by atoms with Gasteiger partial charge in [-0.1, -0.05) is 47.1 Å². The van der Waals surface area contributed by atoms with Gasteiger partial charge in [-0.25, -0.2) is 13.1 Å². The lowest BCUT2D eigenvalue weighted by atomic mass is 9.33. The molecule has 9 atom stereocenters. The van der Waals surface area contributed by atoms with E-state index in [-0.39, 0.29) is 56.7 Å². The molecule has 7 heteroatoms. The van der Waals surface area contributed by atoms with Gasteiger partial charge >= 0.3 is 5.97 Å². The fraction of sp³-hybridized carbons (Fsp3) is 0.871. The SMILES string of the molecule is CC1(C)[C@@H](NS(C)(=O)=O)CC[C@]2(C)[C@H]3C(=O)C=C4[C@@H]5C[C@@](C)(C(=O)O)CC[C@]5(C)CC[C@@]4(C)[C@]3(C)CC[C@@H]12. The van der Waals surface area contributed by atoms with Crippen LogP contribution in [-0.4, -0.2) is 37.6 Å². The van der Waals surface area contributed by atoms with E-state index in [1.54, 1.807) is 0 Å². The largest absolute Gasteiger partial charge is 0.481 e. The highest BCUT2D eigenvalue weighted by Crippen LogP contribution is 2.75. The Morgan fingerprint density at radius 3 is 2.18 bits per heavy atom. The summed E-state index contributed by atoms with van der Waals surface area (Å²) in [4.78, 5) is 26.7. The summed E-state index contributed by atoms with van der Waals surface area (Å²) in [5, 5.41) is 10.1. The third-order valence-corrected chi connectivity index (χ3v) is 14.2. The zero-order valence-corrected chi connectivity index (χ0v) is 25.6. The molecule has 0 aromatic heterocycles. The third-order valence-electron chi connectivity index (χ3n) is 13.5. The summed E-state index contributed by atoms with van der Waals surface area (Å²) in [5.74, 6) is -0.241. The van der Waals surface area contributed by atoms with Crippen molar-refractivity contribution in [3.05, 3.63) is 11.6 Å². The average Bonchev–Trinajstić information content (AvgIpc) is 2.77. The molecule has 0 spiro atoms. The lowest BCUT2D eigenvalue weighted by molar-refractivity contribution is -0.188. The van der Waals surface area contributed by atoms with Crippen molar-refractivity contribution in [3.8, 4) is 0 Å². The molecule has 0 saturated heterocycles. The van der Waals surface area contributed by atoms with E-state index in [0.717, 1.165) is 44.9 Å². The van der Waals surface area contributed by atoms with Crippen molar-refractivity contribution in [2.24, 2.45) is 50.2 Å². The Hall–Kier alpha value is -1.21. The maximum atomic E-state index is 14.4. The van der Waals surface area contributed by atoms with Crippen LogP contribution in [0.4, 0.5) is 0 Å². The average molecular weight is 548 g/mol. The Balaban J connectivity index is 1.57. The summed E-state index contributed by atoms with van der Waals surface area (Å²) in [6.07, 6.45) is 11.0. The number of carbonyl (C=O) groups excluding carboxylic acids is 1. The van der Waals surface area contributed by atoms with Crippen LogP contribution in [0.25, 0.3) is 0 Å². The number of rotatable bonds is 3. The lowest BCUT2D eigenvalue weighted by Crippen LogP contribution is -2.67. The second-order valence-electron chi connectivity index (χ2n) is 15.9. The smallest absolute Gasteiger partial charge is 0.309 e. The summed E-state index contributed by atoms with van der Waals surface area (Å²) in [6, 6.07) is -0.133. The first-order valence-electron chi connectivity index (χ1n) is 14.7. The van der Waals surface area contributed by atoms with Gasteiger partial charge in [0.25, 0.3) is 0 Å². The maximum absolute atomic E-state index is 14.4. The van der Waals surface area contributed by atoms with Crippen molar-refractivity contribution in [2.45, 2.75) is 112 Å². The first-order valence-corrected chi connectivity index (χ1v) is 16.6. The molecule has 0 amide bonds. The van der Waals surface area contributed by atoms with E-state index in [4.69, 9.17) is 0 Å². The van der Waals surface area contributed by atoms with E-state index in [1.807, 2.05) is 13.0 Å². The first-order chi connectivity index (χ1) is 17.2. The predicted molar refractivity (Wildman–Crippen MR) is 149 cm³/mol. The minimum absolute atomic E-state index is 0.0439. The molecule has 0 aromatic rings. The number of hydrogen-bond donors (Lipinski definition) is 2. The van der Waals surface area contributed by atoms with Crippen LogP contribution in [0.5, 0.6) is 0 Å². The second kappa shape index (κ2) is 8.18. The van der Waals surface area contributed by atoms with Crippen LogP contribution in [0.1, 0.15) is 106 Å². The molecule has 38 heavy (non-hydrogen) atoms. The van der Waals surface area contributed by atoms with Crippen molar-refractivity contribution < 1.29 is 23.1 Å². The van der Waals surface area contributed by atoms with Crippen molar-refractivity contribution in [1.29, 1.82) is 0 Å². The van der Waals surface area contributed by atoms with Gasteiger partial charge in [-0.15, -0.1) is 0 Å². The summed E-state index contributed by atoms with van der Waals surface area (Å²) in [6.45, 7) is 15.7. The summed E-state index contributed by atoms with van der Waals surface area (Å²) in [5.41, 5.74) is -0.295. The lowest BCUT2D eigenvalue weighted by Gasteiger charge is -2.70. The van der Waals surface area contributed by atoms with Crippen LogP contribution >= 0.6 is 0 Å². The molecule has 214 valence electrons. The molecular formula is C31H49NO5S. The molecule has 4 fully saturated rings. The van der Waals surface area contributed by atoms with Crippen molar-refractivity contribution in [2.75, 3.05) is 6.26 Å². The fourth-order valence-corrected chi connectivity index (χ4v) is 11.8. The van der Waals surface area contributed by atoms with Gasteiger partial charge in [-0.2, -0.15) is 0 Å². The van der Waals surface area contributed by atoms with Crippen LogP contribution in [0.2, 0.25) is 0 Å². The number of ketones is 1. The molecule has 6 nitrogen and oxygen atoms in total. The Kier molecular flexibility index (Phi) is 6.09. The number of nitrogens with one attached hydrogen (secondary N) is 1. The Morgan fingerprint density at radius 1 is 0.947 bits per heavy atom. The number of allylic oxidation sites excluding steroid dienone is 2. The Bertz CT molecular complexity index is 1210. The Labute approximate surface area is 229 Å². The maximum Gasteiger partial charge on any atom is 0.309 e. The summed E-state index contributed by atoms with van der Waals surface area (Å²) >= 11 is 0. The highest BCUT2D eigenvalue weighted by Gasteiger charge is 2.70. The molecule has 5 aliphatic carbocycles. The highest BCUT2D eigenvalue weighted by molar-refractivity contribution is 7.88. The van der Waals surface area contributed by atoms with Crippen LogP contribution in [0.15, 0.2) is 11.6 Å². The van der Waals surface area contributed by atoms with Crippen molar-refractivity contribution >= 4 is 21.8 Å². The van der Waals surface area contributed by atoms with Crippen molar-refractivity contribution in [3.63, 3.8) is 0 Å². The molecule has 0 aliphatic heterocycles. The van der Waals surface area contributed by atoms with Gasteiger partial charge in [0.15, 0.2) is 5.78 Å². The summed E-state index contributed by atoms with van der Waals surface area (Å²) in [7, 11) is -3.33. The van der Waals surface area contributed by atoms with Gasteiger partial charge in [0, 0.05) is 12.0 Å². The van der Waals surface area contributed by atoms with Gasteiger partial charge in [-0.05, 0) is 110 Å². The molecule has 0 unspecified atom stereocenters. The molecule has 0 aromatic carbocycles. The minimum Gasteiger partial charge on any atom is -0.481 e. The van der Waals surface area contributed by atoms with Gasteiger partial charge in [0.2, 0.25) is 10.0 Å². The third kappa shape index (κ3) is 3.69. The number of sulfonamides is 1. The van der Waals surface area contributed by atoms with E-state index < -0.39 is 21.4 Å². The molecule has 5 aliphatic rings. The van der Waals surface area contributed by atoms with E-state index in [0.29, 0.717) is 12.8 Å². The van der Waals surface area contributed by atoms with Crippen LogP contribution < -0.4 is 4.72 Å². The molecule has 5 rings (SSSR count). The van der Waals surface area contributed by atoms with E-state index in [1.165, 1.54) is 11.8 Å². The zero-order chi connectivity index (χ0) is 28.3. The zero-order valence-electron chi connectivity index (χ0n) is 24.7. The number of aliphatic carboxylic acids is 1. The quantitative estimate of drug-likeness (QED) is 0.453. The number of carboxylic acids is 1. The normalized spacial score (nSPS) is 50.1. The molecule has 4 saturated carbocycles. The molecule has 0 radical (unpaired) electrons. The topological polar surface area (TPSA) is 101 Å². The number of hydrogen-bond acceptors (Lipinski definition) is 4.